The number of esters is 2. The Balaban J connectivity index is 2.16. The summed E-state index contributed by atoms with van der Waals surface area (Å²) in [7, 11) is 0. The molecular weight excluding hydrogens is 367 g/mol. The van der Waals surface area contributed by atoms with Gasteiger partial charge in [-0.05, 0) is 37.6 Å². The van der Waals surface area contributed by atoms with Crippen molar-refractivity contribution in [2.45, 2.75) is 19.8 Å². The minimum Gasteiger partial charge on any atom is -0.480 e. The molecule has 0 aromatic heterocycles. The predicted molar refractivity (Wildman–Crippen MR) is 95.7 cm³/mol. The van der Waals surface area contributed by atoms with Crippen LogP contribution in [0.25, 0.3) is 0 Å². The van der Waals surface area contributed by atoms with Gasteiger partial charge >= 0.3 is 11.9 Å². The molecule has 0 amide bonds. The molecule has 0 saturated carbocycles. The summed E-state index contributed by atoms with van der Waals surface area (Å²) in [5.41, 5.74) is 0. The maximum atomic E-state index is 11.6. The number of benzene rings is 1. The predicted octanol–water partition coefficient (Wildman–Crippen LogP) is 3.82. The van der Waals surface area contributed by atoms with Crippen molar-refractivity contribution in [1.29, 1.82) is 0 Å². The van der Waals surface area contributed by atoms with E-state index in [0.29, 0.717) is 35.2 Å². The van der Waals surface area contributed by atoms with Crippen molar-refractivity contribution in [3.8, 4) is 17.6 Å². The van der Waals surface area contributed by atoms with E-state index >= 15 is 0 Å². The number of hydrogen-bond acceptors (Lipinski definition) is 5. The van der Waals surface area contributed by atoms with E-state index in [2.05, 4.69) is 11.8 Å². The lowest BCUT2D eigenvalue weighted by Crippen LogP contribution is -2.15. The quantitative estimate of drug-likeness (QED) is 0.295. The lowest BCUT2D eigenvalue weighted by Gasteiger charge is -2.08. The van der Waals surface area contributed by atoms with Crippen LogP contribution in [0.4, 0.5) is 0 Å². The van der Waals surface area contributed by atoms with Gasteiger partial charge in [-0.2, -0.15) is 0 Å². The third-order valence-electron chi connectivity index (χ3n) is 2.64. The third kappa shape index (κ3) is 9.65. The summed E-state index contributed by atoms with van der Waals surface area (Å²) in [5.74, 6) is 4.97. The Labute approximate surface area is 156 Å². The zero-order valence-corrected chi connectivity index (χ0v) is 15.2. The molecular formula is C18H18Cl2O5. The molecule has 1 rings (SSSR count). The van der Waals surface area contributed by atoms with E-state index < -0.39 is 11.9 Å². The van der Waals surface area contributed by atoms with Gasteiger partial charge in [-0.3, -0.25) is 0 Å². The number of rotatable bonds is 8. The standard InChI is InChI=1S/C18H18Cl2O5/c1-2-23-17(21)8-6-4-3-5-7-11-24-18(22)13-25-16-10-9-14(19)12-15(16)20/h6,8-10,12H,2,5,7,11,13H2,1H3. The molecule has 5 nitrogen and oxygen atoms in total. The number of halogens is 2. The fraction of sp³-hybridized carbons (Fsp3) is 0.333. The molecule has 0 aliphatic heterocycles. The number of hydrogen-bond donors (Lipinski definition) is 0. The van der Waals surface area contributed by atoms with Gasteiger partial charge in [0.05, 0.1) is 18.2 Å². The summed E-state index contributed by atoms with van der Waals surface area (Å²) in [4.78, 5) is 22.5. The topological polar surface area (TPSA) is 61.8 Å². The van der Waals surface area contributed by atoms with E-state index in [4.69, 9.17) is 37.4 Å². The van der Waals surface area contributed by atoms with Gasteiger partial charge in [0.2, 0.25) is 0 Å². The van der Waals surface area contributed by atoms with Crippen molar-refractivity contribution >= 4 is 35.1 Å². The minimum atomic E-state index is -0.499. The number of unbranched alkanes of at least 4 members (excludes halogenated alkanes) is 1. The minimum absolute atomic E-state index is 0.229. The Kier molecular flexibility index (Phi) is 10.2. The van der Waals surface area contributed by atoms with Crippen LogP contribution >= 0.6 is 23.2 Å². The first kappa shape index (κ1) is 20.9. The summed E-state index contributed by atoms with van der Waals surface area (Å²) in [6.45, 7) is 2.05. The summed E-state index contributed by atoms with van der Waals surface area (Å²) >= 11 is 11.7. The molecule has 1 aromatic carbocycles. The average Bonchev–Trinajstić information content (AvgIpc) is 2.56. The molecule has 134 valence electrons. The van der Waals surface area contributed by atoms with Gasteiger partial charge in [0.15, 0.2) is 6.61 Å². The van der Waals surface area contributed by atoms with Crippen LogP contribution in [0.3, 0.4) is 0 Å². The largest absolute Gasteiger partial charge is 0.480 e. The van der Waals surface area contributed by atoms with Crippen LogP contribution in [0, 0.1) is 11.8 Å². The monoisotopic (exact) mass is 384 g/mol. The molecule has 0 fully saturated rings. The Hall–Kier alpha value is -2.16. The van der Waals surface area contributed by atoms with Crippen molar-refractivity contribution in [1.82, 2.24) is 0 Å². The first-order valence-corrected chi connectivity index (χ1v) is 8.33. The average molecular weight is 385 g/mol. The van der Waals surface area contributed by atoms with Gasteiger partial charge in [-0.25, -0.2) is 9.59 Å². The van der Waals surface area contributed by atoms with Crippen LogP contribution in [0.1, 0.15) is 19.8 Å². The van der Waals surface area contributed by atoms with Crippen molar-refractivity contribution in [3.05, 3.63) is 40.4 Å². The number of allylic oxidation sites excluding steroid dienone is 1. The molecule has 0 spiro atoms. The van der Waals surface area contributed by atoms with Crippen LogP contribution in [-0.2, 0) is 19.1 Å². The number of carbonyl (C=O) groups excluding carboxylic acids is 2. The van der Waals surface area contributed by atoms with Crippen LogP contribution < -0.4 is 4.74 Å². The fourth-order valence-electron chi connectivity index (χ4n) is 1.55. The van der Waals surface area contributed by atoms with Crippen molar-refractivity contribution < 1.29 is 23.8 Å². The second kappa shape index (κ2) is 12.2. The molecule has 0 aliphatic carbocycles. The van der Waals surface area contributed by atoms with E-state index in [-0.39, 0.29) is 13.2 Å². The lowest BCUT2D eigenvalue weighted by molar-refractivity contribution is -0.146. The van der Waals surface area contributed by atoms with Crippen LogP contribution in [0.2, 0.25) is 10.0 Å². The van der Waals surface area contributed by atoms with Gasteiger partial charge in [0.25, 0.3) is 0 Å². The second-order valence-electron chi connectivity index (χ2n) is 4.59. The second-order valence-corrected chi connectivity index (χ2v) is 5.44. The highest BCUT2D eigenvalue weighted by atomic mass is 35.5. The molecule has 0 bridgehead atoms. The van der Waals surface area contributed by atoms with Crippen LogP contribution in [0.15, 0.2) is 30.4 Å². The van der Waals surface area contributed by atoms with Gasteiger partial charge in [0, 0.05) is 17.5 Å². The summed E-state index contributed by atoms with van der Waals surface area (Å²) in [5, 5.41) is 0.810. The molecule has 0 unspecified atom stereocenters. The van der Waals surface area contributed by atoms with Crippen LogP contribution in [-0.4, -0.2) is 31.8 Å². The Morgan fingerprint density at radius 3 is 2.76 bits per heavy atom. The summed E-state index contributed by atoms with van der Waals surface area (Å²) < 4.78 is 15.0. The highest BCUT2D eigenvalue weighted by Crippen LogP contribution is 2.27. The molecule has 0 heterocycles. The maximum absolute atomic E-state index is 11.6. The van der Waals surface area contributed by atoms with Crippen LogP contribution in [0.5, 0.6) is 5.75 Å². The Morgan fingerprint density at radius 2 is 2.04 bits per heavy atom. The van der Waals surface area contributed by atoms with Gasteiger partial charge in [0.1, 0.15) is 5.75 Å². The molecule has 0 radical (unpaired) electrons. The lowest BCUT2D eigenvalue weighted by atomic mass is 10.3. The van der Waals surface area contributed by atoms with Crippen molar-refractivity contribution in [2.75, 3.05) is 19.8 Å². The molecule has 0 saturated heterocycles. The van der Waals surface area contributed by atoms with E-state index in [0.717, 1.165) is 0 Å². The third-order valence-corrected chi connectivity index (χ3v) is 3.17. The van der Waals surface area contributed by atoms with E-state index in [1.807, 2.05) is 0 Å². The normalized spacial score (nSPS) is 10.0. The smallest absolute Gasteiger partial charge is 0.344 e. The zero-order chi connectivity index (χ0) is 18.5. The fourth-order valence-corrected chi connectivity index (χ4v) is 2.01. The first-order valence-electron chi connectivity index (χ1n) is 7.58. The summed E-state index contributed by atoms with van der Waals surface area (Å²) in [6, 6.07) is 4.72. The first-order chi connectivity index (χ1) is 12.0. The van der Waals surface area contributed by atoms with Gasteiger partial charge in [-0.1, -0.05) is 35.0 Å². The Morgan fingerprint density at radius 1 is 1.24 bits per heavy atom. The van der Waals surface area contributed by atoms with Crippen molar-refractivity contribution in [3.63, 3.8) is 0 Å². The van der Waals surface area contributed by atoms with Gasteiger partial charge in [-0.15, -0.1) is 0 Å². The van der Waals surface area contributed by atoms with Gasteiger partial charge < -0.3 is 14.2 Å². The van der Waals surface area contributed by atoms with E-state index in [1.54, 1.807) is 19.1 Å². The van der Waals surface area contributed by atoms with Crippen molar-refractivity contribution in [2.24, 2.45) is 0 Å². The number of ether oxygens (including phenoxy) is 3. The zero-order valence-electron chi connectivity index (χ0n) is 13.7. The molecule has 7 heteroatoms. The van der Waals surface area contributed by atoms with E-state index in [9.17, 15) is 9.59 Å². The molecule has 1 aromatic rings. The molecule has 0 aliphatic rings. The number of carbonyl (C=O) groups is 2. The maximum Gasteiger partial charge on any atom is 0.344 e. The molecule has 0 atom stereocenters. The SMILES string of the molecule is CCOC(=O)C=CC#CCCCOC(=O)COc1ccc(Cl)cc1Cl. The van der Waals surface area contributed by atoms with E-state index in [1.165, 1.54) is 18.2 Å². The Bertz CT molecular complexity index is 674. The molecule has 25 heavy (non-hydrogen) atoms. The summed E-state index contributed by atoms with van der Waals surface area (Å²) in [6.07, 6.45) is 3.79. The highest BCUT2D eigenvalue weighted by Gasteiger charge is 2.07. The molecule has 0 N–H and O–H groups in total. The highest BCUT2D eigenvalue weighted by molar-refractivity contribution is 6.35.